The van der Waals surface area contributed by atoms with Gasteiger partial charge >= 0.3 is 0 Å². The van der Waals surface area contributed by atoms with Crippen LogP contribution in [0.15, 0.2) is 36.6 Å². The quantitative estimate of drug-likeness (QED) is 0.613. The van der Waals surface area contributed by atoms with E-state index < -0.39 is 0 Å². The van der Waals surface area contributed by atoms with E-state index in [4.69, 9.17) is 0 Å². The second kappa shape index (κ2) is 5.47. The first-order valence-corrected chi connectivity index (χ1v) is 5.24. The fraction of sp³-hybridized carbons (Fsp3) is 0.357. The average molecular weight is 186 g/mol. The molecule has 1 aromatic rings. The Morgan fingerprint density at radius 3 is 2.79 bits per heavy atom. The van der Waals surface area contributed by atoms with Crippen LogP contribution < -0.4 is 0 Å². The summed E-state index contributed by atoms with van der Waals surface area (Å²) in [6.07, 6.45) is 3.52. The monoisotopic (exact) mass is 186 g/mol. The molecular formula is C14H18. The number of hydrogen-bond donors (Lipinski definition) is 0. The molecule has 0 nitrogen and oxygen atoms in total. The molecule has 0 saturated carbocycles. The summed E-state index contributed by atoms with van der Waals surface area (Å²) in [5.41, 5.74) is 6.86. The van der Waals surface area contributed by atoms with E-state index in [2.05, 4.69) is 50.4 Å². The van der Waals surface area contributed by atoms with E-state index in [1.54, 1.807) is 0 Å². The highest BCUT2D eigenvalue weighted by Crippen LogP contribution is 2.20. The summed E-state index contributed by atoms with van der Waals surface area (Å²) in [5, 5.41) is 0. The number of unbranched alkanes of at least 4 members (excludes halogenated alkanes) is 1. The number of rotatable bonds is 4. The molecule has 0 saturated heterocycles. The zero-order chi connectivity index (χ0) is 10.4. The van der Waals surface area contributed by atoms with Crippen molar-refractivity contribution in [3.05, 3.63) is 47.7 Å². The maximum atomic E-state index is 3.76. The van der Waals surface area contributed by atoms with Crippen LogP contribution in [-0.2, 0) is 0 Å². The van der Waals surface area contributed by atoms with E-state index in [1.807, 2.05) is 0 Å². The minimum absolute atomic E-state index is 1.09. The molecule has 74 valence electrons. The van der Waals surface area contributed by atoms with E-state index in [1.165, 1.54) is 29.5 Å². The van der Waals surface area contributed by atoms with Crippen LogP contribution >= 0.6 is 0 Å². The van der Waals surface area contributed by atoms with Crippen molar-refractivity contribution in [2.24, 2.45) is 0 Å². The van der Waals surface area contributed by atoms with Crippen LogP contribution in [0.2, 0.25) is 0 Å². The Hall–Kier alpha value is -1.26. The normalized spacial score (nSPS) is 9.57. The molecule has 0 aliphatic heterocycles. The summed E-state index contributed by atoms with van der Waals surface area (Å²) in [5.74, 6) is 0. The molecular weight excluding hydrogens is 168 g/mol. The summed E-state index contributed by atoms with van der Waals surface area (Å²) in [4.78, 5) is 0. The Balaban J connectivity index is 2.85. The van der Waals surface area contributed by atoms with Crippen molar-refractivity contribution in [3.63, 3.8) is 0 Å². The first-order valence-electron chi connectivity index (χ1n) is 5.24. The van der Waals surface area contributed by atoms with Crippen LogP contribution in [-0.4, -0.2) is 0 Å². The third-order valence-electron chi connectivity index (χ3n) is 2.36. The standard InChI is InChI=1S/C14H18/c1-4-6-9-13(5-2)14-10-7-8-12(3)11-14/h7-8,10-11H,2,4,6,9H2,1,3H3. The van der Waals surface area contributed by atoms with Gasteiger partial charge in [0.2, 0.25) is 0 Å². The molecule has 0 fully saturated rings. The smallest absolute Gasteiger partial charge is 0.000590 e. The van der Waals surface area contributed by atoms with Crippen LogP contribution in [0.5, 0.6) is 0 Å². The van der Waals surface area contributed by atoms with Gasteiger partial charge in [-0.25, -0.2) is 0 Å². The molecule has 0 heterocycles. The molecule has 0 bridgehead atoms. The van der Waals surface area contributed by atoms with Gasteiger partial charge in [-0.15, -0.1) is 5.73 Å². The summed E-state index contributed by atoms with van der Waals surface area (Å²) >= 11 is 0. The van der Waals surface area contributed by atoms with E-state index >= 15 is 0 Å². The van der Waals surface area contributed by atoms with Crippen LogP contribution in [0.25, 0.3) is 5.57 Å². The molecule has 1 rings (SSSR count). The molecule has 0 aliphatic rings. The van der Waals surface area contributed by atoms with Crippen molar-refractivity contribution < 1.29 is 0 Å². The molecule has 0 unspecified atom stereocenters. The maximum absolute atomic E-state index is 3.76. The van der Waals surface area contributed by atoms with Gasteiger partial charge in [0.1, 0.15) is 0 Å². The van der Waals surface area contributed by atoms with Gasteiger partial charge in [-0.3, -0.25) is 0 Å². The van der Waals surface area contributed by atoms with Gasteiger partial charge in [0.25, 0.3) is 0 Å². The zero-order valence-electron chi connectivity index (χ0n) is 9.14. The topological polar surface area (TPSA) is 0 Å². The molecule has 0 aromatic heterocycles. The second-order valence-corrected chi connectivity index (χ2v) is 3.63. The van der Waals surface area contributed by atoms with Crippen LogP contribution in [0.4, 0.5) is 0 Å². The van der Waals surface area contributed by atoms with Crippen molar-refractivity contribution in [1.82, 2.24) is 0 Å². The predicted molar refractivity (Wildman–Crippen MR) is 63.3 cm³/mol. The number of aryl methyl sites for hydroxylation is 1. The van der Waals surface area contributed by atoms with Crippen molar-refractivity contribution in [2.75, 3.05) is 0 Å². The third kappa shape index (κ3) is 2.90. The first-order chi connectivity index (χ1) is 6.77. The summed E-state index contributed by atoms with van der Waals surface area (Å²) < 4.78 is 0. The second-order valence-electron chi connectivity index (χ2n) is 3.63. The summed E-state index contributed by atoms with van der Waals surface area (Å²) in [6, 6.07) is 8.54. The highest BCUT2D eigenvalue weighted by atomic mass is 14.0. The van der Waals surface area contributed by atoms with Gasteiger partial charge in [0, 0.05) is 5.57 Å². The zero-order valence-corrected chi connectivity index (χ0v) is 9.14. The first kappa shape index (κ1) is 10.8. The Kier molecular flexibility index (Phi) is 4.22. The fourth-order valence-electron chi connectivity index (χ4n) is 1.52. The molecule has 0 N–H and O–H groups in total. The number of benzene rings is 1. The highest BCUT2D eigenvalue weighted by molar-refractivity contribution is 5.65. The SMILES string of the molecule is C=C=C(CCCC)c1cccc(C)c1. The van der Waals surface area contributed by atoms with E-state index in [9.17, 15) is 0 Å². The molecule has 0 aliphatic carbocycles. The Morgan fingerprint density at radius 1 is 1.43 bits per heavy atom. The highest BCUT2D eigenvalue weighted by Gasteiger charge is 1.99. The Morgan fingerprint density at radius 2 is 2.21 bits per heavy atom. The molecule has 0 spiro atoms. The summed E-state index contributed by atoms with van der Waals surface area (Å²) in [7, 11) is 0. The van der Waals surface area contributed by atoms with Gasteiger partial charge in [-0.1, -0.05) is 49.8 Å². The molecule has 1 aromatic carbocycles. The Labute approximate surface area is 87.0 Å². The van der Waals surface area contributed by atoms with E-state index in [0.717, 1.165) is 6.42 Å². The van der Waals surface area contributed by atoms with Crippen LogP contribution in [0, 0.1) is 6.92 Å². The molecule has 14 heavy (non-hydrogen) atoms. The van der Waals surface area contributed by atoms with Gasteiger partial charge in [0.15, 0.2) is 0 Å². The number of hydrogen-bond acceptors (Lipinski definition) is 0. The van der Waals surface area contributed by atoms with Crippen LogP contribution in [0.1, 0.15) is 37.3 Å². The largest absolute Gasteiger partial charge is 0.125 e. The minimum Gasteiger partial charge on any atom is -0.125 e. The fourth-order valence-corrected chi connectivity index (χ4v) is 1.52. The maximum Gasteiger partial charge on any atom is 0.000590 e. The van der Waals surface area contributed by atoms with E-state index in [-0.39, 0.29) is 0 Å². The van der Waals surface area contributed by atoms with Gasteiger partial charge in [-0.05, 0) is 25.3 Å². The molecule has 0 radical (unpaired) electrons. The average Bonchev–Trinajstić information content (AvgIpc) is 2.19. The van der Waals surface area contributed by atoms with Crippen molar-refractivity contribution in [1.29, 1.82) is 0 Å². The van der Waals surface area contributed by atoms with Gasteiger partial charge < -0.3 is 0 Å². The van der Waals surface area contributed by atoms with Gasteiger partial charge in [-0.2, -0.15) is 0 Å². The minimum atomic E-state index is 1.09. The predicted octanol–water partition coefficient (Wildman–Crippen LogP) is 4.35. The molecule has 0 heteroatoms. The van der Waals surface area contributed by atoms with Crippen molar-refractivity contribution in [2.45, 2.75) is 33.1 Å². The van der Waals surface area contributed by atoms with Crippen molar-refractivity contribution >= 4 is 5.57 Å². The molecule has 0 atom stereocenters. The van der Waals surface area contributed by atoms with Gasteiger partial charge in [0.05, 0.1) is 0 Å². The summed E-state index contributed by atoms with van der Waals surface area (Å²) in [6.45, 7) is 8.08. The lowest BCUT2D eigenvalue weighted by atomic mass is 10.00. The third-order valence-corrected chi connectivity index (χ3v) is 2.36. The van der Waals surface area contributed by atoms with Crippen LogP contribution in [0.3, 0.4) is 0 Å². The van der Waals surface area contributed by atoms with E-state index in [0.29, 0.717) is 0 Å². The molecule has 0 amide bonds. The lowest BCUT2D eigenvalue weighted by Gasteiger charge is -2.05. The lowest BCUT2D eigenvalue weighted by molar-refractivity contribution is 0.824. The lowest BCUT2D eigenvalue weighted by Crippen LogP contribution is -1.84. The number of allylic oxidation sites excluding steroid dienone is 1. The Bertz CT molecular complexity index is 341. The van der Waals surface area contributed by atoms with Crippen molar-refractivity contribution in [3.8, 4) is 0 Å².